The van der Waals surface area contributed by atoms with Crippen molar-refractivity contribution >= 4 is 17.7 Å². The lowest BCUT2D eigenvalue weighted by Crippen LogP contribution is -2.46. The molecule has 0 spiro atoms. The summed E-state index contributed by atoms with van der Waals surface area (Å²) in [5.41, 5.74) is 1.88. The zero-order chi connectivity index (χ0) is 19.4. The number of nitrogens with zero attached hydrogens (tertiary/aromatic N) is 1. The van der Waals surface area contributed by atoms with Crippen LogP contribution in [0.3, 0.4) is 0 Å². The molecule has 1 amide bonds. The van der Waals surface area contributed by atoms with Crippen LogP contribution in [0, 0.1) is 19.8 Å². The Labute approximate surface area is 154 Å². The van der Waals surface area contributed by atoms with Crippen LogP contribution in [-0.4, -0.2) is 47.2 Å². The van der Waals surface area contributed by atoms with E-state index in [1.165, 1.54) is 7.11 Å². The van der Waals surface area contributed by atoms with Gasteiger partial charge in [0.05, 0.1) is 13.2 Å². The van der Waals surface area contributed by atoms with Gasteiger partial charge in [0.25, 0.3) is 0 Å². The number of H-pyrrole nitrogens is 1. The van der Waals surface area contributed by atoms with Crippen LogP contribution in [0.2, 0.25) is 0 Å². The third-order valence-electron chi connectivity index (χ3n) is 5.23. The van der Waals surface area contributed by atoms with E-state index in [1.54, 1.807) is 31.7 Å². The van der Waals surface area contributed by atoms with Crippen LogP contribution in [0.1, 0.15) is 64.7 Å². The van der Waals surface area contributed by atoms with Crippen molar-refractivity contribution in [2.45, 2.75) is 52.5 Å². The first-order chi connectivity index (χ1) is 12.3. The molecule has 26 heavy (non-hydrogen) atoms. The Balaban J connectivity index is 2.31. The quantitative estimate of drug-likeness (QED) is 0.460. The number of Topliss-reactive ketones (excluding diaryl/α,β-unsaturated/α-hetero) is 1. The minimum atomic E-state index is -0.625. The average Bonchev–Trinajstić information content (AvgIpc) is 3.25. The third-order valence-corrected chi connectivity index (χ3v) is 5.23. The monoisotopic (exact) mass is 360 g/mol. The van der Waals surface area contributed by atoms with Crippen molar-refractivity contribution in [3.8, 4) is 0 Å². The number of aromatic nitrogens is 1. The van der Waals surface area contributed by atoms with E-state index in [-0.39, 0.29) is 23.3 Å². The van der Waals surface area contributed by atoms with E-state index < -0.39 is 12.0 Å². The molecule has 0 aromatic carbocycles. The first-order valence-electron chi connectivity index (χ1n) is 9.06. The Morgan fingerprint density at radius 3 is 2.46 bits per heavy atom. The van der Waals surface area contributed by atoms with Crippen LogP contribution in [0.5, 0.6) is 0 Å². The van der Waals surface area contributed by atoms with Crippen LogP contribution in [0.15, 0.2) is 12.7 Å². The first kappa shape index (κ1) is 19.9. The average molecular weight is 360 g/mol. The van der Waals surface area contributed by atoms with Gasteiger partial charge in [-0.15, -0.1) is 6.58 Å². The summed E-state index contributed by atoms with van der Waals surface area (Å²) >= 11 is 0. The highest BCUT2D eigenvalue weighted by Crippen LogP contribution is 2.28. The van der Waals surface area contributed by atoms with Crippen molar-refractivity contribution < 1.29 is 19.1 Å². The summed E-state index contributed by atoms with van der Waals surface area (Å²) in [6.07, 6.45) is 5.51. The summed E-state index contributed by atoms with van der Waals surface area (Å²) in [5.74, 6) is -0.687. The highest BCUT2D eigenvalue weighted by Gasteiger charge is 2.34. The summed E-state index contributed by atoms with van der Waals surface area (Å²) in [4.78, 5) is 42.4. The van der Waals surface area contributed by atoms with Crippen LogP contribution < -0.4 is 0 Å². The van der Waals surface area contributed by atoms with Gasteiger partial charge in [-0.3, -0.25) is 9.59 Å². The maximum absolute atomic E-state index is 13.1. The summed E-state index contributed by atoms with van der Waals surface area (Å²) < 4.78 is 4.76. The number of carbonyl (C=O) groups is 3. The van der Waals surface area contributed by atoms with Gasteiger partial charge in [0.2, 0.25) is 5.91 Å². The summed E-state index contributed by atoms with van der Waals surface area (Å²) in [6, 6.07) is -0.625. The molecule has 1 unspecified atom stereocenters. The Kier molecular flexibility index (Phi) is 6.40. The molecule has 1 fully saturated rings. The van der Waals surface area contributed by atoms with Crippen LogP contribution in [-0.2, 0) is 9.53 Å². The normalized spacial score (nSPS) is 15.5. The zero-order valence-electron chi connectivity index (χ0n) is 16.1. The largest absolute Gasteiger partial charge is 0.464 e. The second-order valence-electron chi connectivity index (χ2n) is 6.92. The molecule has 1 aromatic heterocycles. The number of aromatic amines is 1. The van der Waals surface area contributed by atoms with E-state index in [4.69, 9.17) is 4.74 Å². The molecule has 1 atom stereocenters. The number of aryl methyl sites for hydroxylation is 1. The standard InChI is InChI=1S/C20H28N2O4/c1-6-11-22(19(24)15-9-7-8-10-15)14(4)18(23)16-12(2)17(20(25)26-5)21-13(16)3/h6,14-15,21H,1,7-11H2,2-5H3. The fourth-order valence-electron chi connectivity index (χ4n) is 3.76. The van der Waals surface area contributed by atoms with Gasteiger partial charge in [-0.05, 0) is 39.2 Å². The molecule has 1 heterocycles. The molecule has 1 aliphatic carbocycles. The molecule has 0 bridgehead atoms. The molecule has 142 valence electrons. The lowest BCUT2D eigenvalue weighted by atomic mass is 9.98. The molecular weight excluding hydrogens is 332 g/mol. The van der Waals surface area contributed by atoms with Crippen molar-refractivity contribution in [1.82, 2.24) is 9.88 Å². The summed E-state index contributed by atoms with van der Waals surface area (Å²) in [5, 5.41) is 0. The van der Waals surface area contributed by atoms with Gasteiger partial charge in [0, 0.05) is 23.7 Å². The summed E-state index contributed by atoms with van der Waals surface area (Å²) in [7, 11) is 1.30. The minimum Gasteiger partial charge on any atom is -0.464 e. The molecule has 6 heteroatoms. The number of nitrogens with one attached hydrogen (secondary N) is 1. The van der Waals surface area contributed by atoms with E-state index in [9.17, 15) is 14.4 Å². The molecule has 1 N–H and O–H groups in total. The van der Waals surface area contributed by atoms with Crippen LogP contribution in [0.25, 0.3) is 0 Å². The van der Waals surface area contributed by atoms with Gasteiger partial charge >= 0.3 is 5.97 Å². The Morgan fingerprint density at radius 1 is 1.31 bits per heavy atom. The van der Waals surface area contributed by atoms with E-state index >= 15 is 0 Å². The van der Waals surface area contributed by atoms with Crippen molar-refractivity contribution in [1.29, 1.82) is 0 Å². The number of rotatable bonds is 7. The predicted octanol–water partition coefficient (Wildman–Crippen LogP) is 3.19. The highest BCUT2D eigenvalue weighted by molar-refractivity contribution is 6.06. The lowest BCUT2D eigenvalue weighted by Gasteiger charge is -2.30. The molecule has 1 aromatic rings. The highest BCUT2D eigenvalue weighted by atomic mass is 16.5. The van der Waals surface area contributed by atoms with E-state index in [0.717, 1.165) is 25.7 Å². The van der Waals surface area contributed by atoms with Crippen LogP contribution >= 0.6 is 0 Å². The van der Waals surface area contributed by atoms with E-state index in [1.807, 2.05) is 0 Å². The number of methoxy groups -OCH3 is 1. The smallest absolute Gasteiger partial charge is 0.354 e. The van der Waals surface area contributed by atoms with Gasteiger partial charge in [0.1, 0.15) is 5.69 Å². The number of hydrogen-bond donors (Lipinski definition) is 1. The van der Waals surface area contributed by atoms with E-state index in [0.29, 0.717) is 23.4 Å². The maximum atomic E-state index is 13.1. The Hall–Kier alpha value is -2.37. The molecule has 0 saturated heterocycles. The number of hydrogen-bond acceptors (Lipinski definition) is 4. The van der Waals surface area contributed by atoms with Gasteiger partial charge in [-0.1, -0.05) is 18.9 Å². The van der Waals surface area contributed by atoms with Crippen molar-refractivity contribution in [2.75, 3.05) is 13.7 Å². The zero-order valence-corrected chi connectivity index (χ0v) is 16.1. The second kappa shape index (κ2) is 8.34. The number of amides is 1. The van der Waals surface area contributed by atoms with Gasteiger partial charge in [0.15, 0.2) is 5.78 Å². The lowest BCUT2D eigenvalue weighted by molar-refractivity contribution is -0.136. The Morgan fingerprint density at radius 2 is 1.92 bits per heavy atom. The molecule has 1 aliphatic rings. The van der Waals surface area contributed by atoms with Crippen molar-refractivity contribution in [2.24, 2.45) is 5.92 Å². The molecule has 1 saturated carbocycles. The predicted molar refractivity (Wildman–Crippen MR) is 99.3 cm³/mol. The number of esters is 1. The first-order valence-corrected chi connectivity index (χ1v) is 9.06. The maximum Gasteiger partial charge on any atom is 0.354 e. The van der Waals surface area contributed by atoms with E-state index in [2.05, 4.69) is 11.6 Å². The number of carbonyl (C=O) groups excluding carboxylic acids is 3. The van der Waals surface area contributed by atoms with Crippen molar-refractivity contribution in [3.63, 3.8) is 0 Å². The molecule has 2 rings (SSSR count). The minimum absolute atomic E-state index is 0.00995. The summed E-state index contributed by atoms with van der Waals surface area (Å²) in [6.45, 7) is 9.25. The fraction of sp³-hybridized carbons (Fsp3) is 0.550. The molecule has 6 nitrogen and oxygen atoms in total. The third kappa shape index (κ3) is 3.74. The van der Waals surface area contributed by atoms with Gasteiger partial charge in [-0.2, -0.15) is 0 Å². The molecule has 0 aliphatic heterocycles. The molecular formula is C20H28N2O4. The number of ketones is 1. The topological polar surface area (TPSA) is 79.5 Å². The second-order valence-corrected chi connectivity index (χ2v) is 6.92. The fourth-order valence-corrected chi connectivity index (χ4v) is 3.76. The van der Waals surface area contributed by atoms with Gasteiger partial charge in [-0.25, -0.2) is 4.79 Å². The van der Waals surface area contributed by atoms with Crippen molar-refractivity contribution in [3.05, 3.63) is 35.2 Å². The SMILES string of the molecule is C=CCN(C(=O)C1CCCC1)C(C)C(=O)c1c(C)[nH]c(C(=O)OC)c1C. The molecule has 0 radical (unpaired) electrons. The van der Waals surface area contributed by atoms with Gasteiger partial charge < -0.3 is 14.6 Å². The van der Waals surface area contributed by atoms with Crippen LogP contribution in [0.4, 0.5) is 0 Å². The Bertz CT molecular complexity index is 714. The number of ether oxygens (including phenoxy) is 1.